The van der Waals surface area contributed by atoms with Crippen molar-refractivity contribution in [3.8, 4) is 5.75 Å². The first-order valence-corrected chi connectivity index (χ1v) is 4.71. The first-order chi connectivity index (χ1) is 5.79. The lowest BCUT2D eigenvalue weighted by Crippen LogP contribution is -2.11. The second-order valence-corrected chi connectivity index (χ2v) is 3.76. The van der Waals surface area contributed by atoms with Gasteiger partial charge in [-0.1, -0.05) is 12.1 Å². The molecular weight excluding hydrogens is 168 g/mol. The highest BCUT2D eigenvalue weighted by Gasteiger charge is 2.19. The number of hydrogen-bond acceptors (Lipinski definition) is 2. The average molecular weight is 180 g/mol. The van der Waals surface area contributed by atoms with Gasteiger partial charge in [-0.05, 0) is 25.0 Å². The van der Waals surface area contributed by atoms with E-state index >= 15 is 0 Å². The van der Waals surface area contributed by atoms with Crippen molar-refractivity contribution >= 4 is 12.6 Å². The average Bonchev–Trinajstić information content (AvgIpc) is 2.04. The summed E-state index contributed by atoms with van der Waals surface area (Å²) >= 11 is 4.53. The minimum atomic E-state index is 0.356. The fourth-order valence-corrected chi connectivity index (χ4v) is 2.07. The molecule has 1 heterocycles. The number of ether oxygens (including phenoxy) is 1. The molecule has 0 saturated heterocycles. The third-order valence-electron chi connectivity index (χ3n) is 2.27. The van der Waals surface area contributed by atoms with Gasteiger partial charge in [0.2, 0.25) is 0 Å². The van der Waals surface area contributed by atoms with Crippen LogP contribution in [0.15, 0.2) is 18.2 Å². The van der Waals surface area contributed by atoms with Gasteiger partial charge >= 0.3 is 0 Å². The molecule has 0 fully saturated rings. The van der Waals surface area contributed by atoms with E-state index in [0.717, 1.165) is 18.8 Å². The predicted octanol–water partition coefficient (Wildman–Crippen LogP) is 2.75. The molecule has 1 unspecified atom stereocenters. The number of fused-ring (bicyclic) bond motifs is 1. The van der Waals surface area contributed by atoms with E-state index in [4.69, 9.17) is 4.74 Å². The monoisotopic (exact) mass is 180 g/mol. The Kier molecular flexibility index (Phi) is 2.01. The molecule has 12 heavy (non-hydrogen) atoms. The highest BCUT2D eigenvalue weighted by Crippen LogP contribution is 2.37. The molecule has 0 bridgehead atoms. The molecule has 0 spiro atoms. The van der Waals surface area contributed by atoms with E-state index in [-0.39, 0.29) is 0 Å². The Balaban J connectivity index is 2.53. The largest absolute Gasteiger partial charge is 0.493 e. The number of thiol groups is 1. The molecule has 0 aliphatic carbocycles. The second kappa shape index (κ2) is 3.02. The molecule has 2 heteroatoms. The number of hydrogen-bond donors (Lipinski definition) is 1. The van der Waals surface area contributed by atoms with Crippen molar-refractivity contribution in [2.75, 3.05) is 6.61 Å². The van der Waals surface area contributed by atoms with Gasteiger partial charge in [-0.2, -0.15) is 12.6 Å². The quantitative estimate of drug-likeness (QED) is 0.604. The molecule has 1 aliphatic heterocycles. The Labute approximate surface area is 78.2 Å². The van der Waals surface area contributed by atoms with E-state index in [2.05, 4.69) is 25.6 Å². The Hall–Kier alpha value is -0.630. The lowest BCUT2D eigenvalue weighted by Gasteiger charge is -2.23. The van der Waals surface area contributed by atoms with E-state index in [1.165, 1.54) is 11.1 Å². The van der Waals surface area contributed by atoms with Crippen LogP contribution in [0, 0.1) is 6.92 Å². The van der Waals surface area contributed by atoms with E-state index in [1.807, 2.05) is 12.1 Å². The van der Waals surface area contributed by atoms with Crippen LogP contribution in [-0.4, -0.2) is 6.61 Å². The lowest BCUT2D eigenvalue weighted by molar-refractivity contribution is 0.286. The van der Waals surface area contributed by atoms with Crippen molar-refractivity contribution in [1.82, 2.24) is 0 Å². The Bertz CT molecular complexity index is 296. The normalized spacial score (nSPS) is 21.3. The van der Waals surface area contributed by atoms with Crippen molar-refractivity contribution in [1.29, 1.82) is 0 Å². The van der Waals surface area contributed by atoms with Crippen LogP contribution in [0.1, 0.15) is 22.8 Å². The first-order valence-electron chi connectivity index (χ1n) is 4.19. The van der Waals surface area contributed by atoms with Crippen LogP contribution in [0.5, 0.6) is 5.75 Å². The van der Waals surface area contributed by atoms with Gasteiger partial charge in [-0.15, -0.1) is 0 Å². The summed E-state index contributed by atoms with van der Waals surface area (Å²) in [5.74, 6) is 1.02. The summed E-state index contributed by atoms with van der Waals surface area (Å²) in [6.45, 7) is 2.90. The summed E-state index contributed by atoms with van der Waals surface area (Å²) in [7, 11) is 0. The fraction of sp³-hybridized carbons (Fsp3) is 0.400. The van der Waals surface area contributed by atoms with Gasteiger partial charge in [0.15, 0.2) is 0 Å². The Morgan fingerprint density at radius 3 is 3.08 bits per heavy atom. The van der Waals surface area contributed by atoms with E-state index < -0.39 is 0 Å². The number of aryl methyl sites for hydroxylation is 1. The molecule has 1 aromatic rings. The van der Waals surface area contributed by atoms with Crippen LogP contribution in [0.4, 0.5) is 0 Å². The van der Waals surface area contributed by atoms with E-state index in [9.17, 15) is 0 Å². The third-order valence-corrected chi connectivity index (χ3v) is 2.78. The predicted molar refractivity (Wildman–Crippen MR) is 53.0 cm³/mol. The molecule has 1 atom stereocenters. The fourth-order valence-electron chi connectivity index (χ4n) is 1.63. The summed E-state index contributed by atoms with van der Waals surface area (Å²) in [5.41, 5.74) is 2.55. The van der Waals surface area contributed by atoms with Crippen molar-refractivity contribution in [2.45, 2.75) is 18.6 Å². The molecule has 1 aromatic carbocycles. The molecule has 64 valence electrons. The van der Waals surface area contributed by atoms with E-state index in [1.54, 1.807) is 0 Å². The summed E-state index contributed by atoms with van der Waals surface area (Å²) in [6, 6.07) is 6.15. The summed E-state index contributed by atoms with van der Waals surface area (Å²) in [4.78, 5) is 0. The smallest absolute Gasteiger partial charge is 0.123 e. The molecule has 0 radical (unpaired) electrons. The second-order valence-electron chi connectivity index (χ2n) is 3.14. The molecule has 0 aromatic heterocycles. The van der Waals surface area contributed by atoms with Gasteiger partial charge in [-0.3, -0.25) is 0 Å². The minimum Gasteiger partial charge on any atom is -0.493 e. The van der Waals surface area contributed by atoms with Gasteiger partial charge in [0.1, 0.15) is 5.75 Å². The van der Waals surface area contributed by atoms with Gasteiger partial charge in [0.05, 0.1) is 6.61 Å². The van der Waals surface area contributed by atoms with Crippen molar-refractivity contribution < 1.29 is 4.74 Å². The maximum Gasteiger partial charge on any atom is 0.123 e. The van der Waals surface area contributed by atoms with Crippen LogP contribution >= 0.6 is 12.6 Å². The lowest BCUT2D eigenvalue weighted by atomic mass is 10.0. The third kappa shape index (κ3) is 1.20. The van der Waals surface area contributed by atoms with Crippen LogP contribution in [-0.2, 0) is 0 Å². The number of rotatable bonds is 0. The molecule has 0 amide bonds. The molecule has 1 aliphatic rings. The van der Waals surface area contributed by atoms with Gasteiger partial charge in [0, 0.05) is 10.8 Å². The van der Waals surface area contributed by atoms with E-state index in [0.29, 0.717) is 5.25 Å². The van der Waals surface area contributed by atoms with Crippen LogP contribution in [0.25, 0.3) is 0 Å². The summed E-state index contributed by atoms with van der Waals surface area (Å²) in [6.07, 6.45) is 1.01. The summed E-state index contributed by atoms with van der Waals surface area (Å²) in [5, 5.41) is 0.356. The molecule has 0 N–H and O–H groups in total. The van der Waals surface area contributed by atoms with Gasteiger partial charge < -0.3 is 4.74 Å². The molecular formula is C10H12OS. The zero-order valence-corrected chi connectivity index (χ0v) is 7.97. The first kappa shape index (κ1) is 7.99. The summed E-state index contributed by atoms with van der Waals surface area (Å²) < 4.78 is 5.53. The van der Waals surface area contributed by atoms with Crippen LogP contribution in [0.3, 0.4) is 0 Å². The zero-order chi connectivity index (χ0) is 8.55. The van der Waals surface area contributed by atoms with Crippen molar-refractivity contribution in [3.63, 3.8) is 0 Å². The Morgan fingerprint density at radius 2 is 2.33 bits per heavy atom. The topological polar surface area (TPSA) is 9.23 Å². The highest BCUT2D eigenvalue weighted by molar-refractivity contribution is 7.80. The maximum atomic E-state index is 5.53. The maximum absolute atomic E-state index is 5.53. The highest BCUT2D eigenvalue weighted by atomic mass is 32.1. The SMILES string of the molecule is Cc1cccc2c1C(S)CCO2. The minimum absolute atomic E-state index is 0.356. The van der Waals surface area contributed by atoms with Crippen molar-refractivity contribution in [2.24, 2.45) is 0 Å². The zero-order valence-electron chi connectivity index (χ0n) is 7.08. The van der Waals surface area contributed by atoms with Crippen LogP contribution in [0.2, 0.25) is 0 Å². The molecule has 1 nitrogen and oxygen atoms in total. The van der Waals surface area contributed by atoms with Gasteiger partial charge in [-0.25, -0.2) is 0 Å². The standard InChI is InChI=1S/C10H12OS/c1-7-3-2-4-8-10(7)9(12)5-6-11-8/h2-4,9,12H,5-6H2,1H3. The molecule has 2 rings (SSSR count). The Morgan fingerprint density at radius 1 is 1.50 bits per heavy atom. The molecule has 0 saturated carbocycles. The van der Waals surface area contributed by atoms with Gasteiger partial charge in [0.25, 0.3) is 0 Å². The van der Waals surface area contributed by atoms with Crippen molar-refractivity contribution in [3.05, 3.63) is 29.3 Å². The number of benzene rings is 1. The van der Waals surface area contributed by atoms with Crippen LogP contribution < -0.4 is 4.74 Å².